The zero-order valence-corrected chi connectivity index (χ0v) is 10.9. The fourth-order valence-corrected chi connectivity index (χ4v) is 0.626. The molecule has 0 aliphatic carbocycles. The Morgan fingerprint density at radius 3 is 1.75 bits per heavy atom. The van der Waals surface area contributed by atoms with Gasteiger partial charge in [-0.3, -0.25) is 0 Å². The van der Waals surface area contributed by atoms with Crippen LogP contribution in [0, 0.1) is 7.43 Å². The molecule has 0 aromatic carbocycles. The van der Waals surface area contributed by atoms with Gasteiger partial charge in [0.2, 0.25) is 0 Å². The minimum atomic E-state index is 0. The second-order valence-electron chi connectivity index (χ2n) is 3.21. The molecule has 1 aromatic rings. The van der Waals surface area contributed by atoms with Crippen LogP contribution in [0.2, 0.25) is 0 Å². The summed E-state index contributed by atoms with van der Waals surface area (Å²) in [5.41, 5.74) is 0.0307. The molecule has 0 aliphatic heterocycles. The standard InChI is InChI=1S/C7H11N3.CH3.Y/c1-7(2,3)6-9-4-8-5-10-6;;/h4-5H,1-3H3;1H3;/q;-1;. The van der Waals surface area contributed by atoms with Gasteiger partial charge in [-0.2, -0.15) is 0 Å². The van der Waals surface area contributed by atoms with Gasteiger partial charge in [0.25, 0.3) is 0 Å². The molecule has 1 heterocycles. The van der Waals surface area contributed by atoms with Crippen molar-refractivity contribution >= 4 is 0 Å². The summed E-state index contributed by atoms with van der Waals surface area (Å²) in [6, 6.07) is 0. The Balaban J connectivity index is 0. The average molecular weight is 241 g/mol. The Labute approximate surface area is 99.3 Å². The minimum Gasteiger partial charge on any atom is -0.358 e. The normalized spacial score (nSPS) is 9.58. The van der Waals surface area contributed by atoms with Crippen LogP contribution < -0.4 is 0 Å². The summed E-state index contributed by atoms with van der Waals surface area (Å²) in [7, 11) is 0. The third-order valence-corrected chi connectivity index (χ3v) is 1.16. The fourth-order valence-electron chi connectivity index (χ4n) is 0.626. The maximum Gasteiger partial charge on any atom is 0.137 e. The SMILES string of the molecule is CC(C)(C)c1ncncn1.[CH3-].[Y]. The van der Waals surface area contributed by atoms with E-state index in [9.17, 15) is 0 Å². The van der Waals surface area contributed by atoms with E-state index in [1.54, 1.807) is 0 Å². The molecule has 3 nitrogen and oxygen atoms in total. The number of aromatic nitrogens is 3. The molecule has 0 spiro atoms. The monoisotopic (exact) mass is 241 g/mol. The molecule has 0 saturated carbocycles. The molecule has 12 heavy (non-hydrogen) atoms. The quantitative estimate of drug-likeness (QED) is 0.648. The summed E-state index contributed by atoms with van der Waals surface area (Å²) in [6.45, 7) is 6.22. The number of hydrogen-bond donors (Lipinski definition) is 0. The molecule has 65 valence electrons. The molecule has 0 saturated heterocycles. The van der Waals surface area contributed by atoms with E-state index in [1.807, 2.05) is 0 Å². The van der Waals surface area contributed by atoms with Crippen molar-refractivity contribution in [2.24, 2.45) is 0 Å². The van der Waals surface area contributed by atoms with Crippen LogP contribution in [-0.4, -0.2) is 15.0 Å². The van der Waals surface area contributed by atoms with Gasteiger partial charge in [0, 0.05) is 38.1 Å². The Bertz CT molecular complexity index is 205. The van der Waals surface area contributed by atoms with Crippen molar-refractivity contribution in [2.45, 2.75) is 26.2 Å². The Kier molecular flexibility index (Phi) is 6.96. The molecule has 4 heteroatoms. The molecule has 0 unspecified atom stereocenters. The third kappa shape index (κ3) is 4.22. The van der Waals surface area contributed by atoms with Gasteiger partial charge in [-0.15, -0.1) is 0 Å². The Morgan fingerprint density at radius 2 is 1.50 bits per heavy atom. The first-order valence-electron chi connectivity index (χ1n) is 3.23. The van der Waals surface area contributed by atoms with E-state index in [0.29, 0.717) is 0 Å². The molecule has 1 aromatic heterocycles. The number of nitrogens with zero attached hydrogens (tertiary/aromatic N) is 3. The smallest absolute Gasteiger partial charge is 0.137 e. The van der Waals surface area contributed by atoms with E-state index in [0.717, 1.165) is 5.82 Å². The molecule has 0 atom stereocenters. The molecular formula is C8H14N3Y-. The zero-order valence-electron chi connectivity index (χ0n) is 8.07. The maximum atomic E-state index is 4.03. The molecule has 0 aliphatic rings. The third-order valence-electron chi connectivity index (χ3n) is 1.16. The summed E-state index contributed by atoms with van der Waals surface area (Å²) in [5.74, 6) is 0.836. The molecule has 0 N–H and O–H groups in total. The summed E-state index contributed by atoms with van der Waals surface area (Å²) in [6.07, 6.45) is 3.04. The van der Waals surface area contributed by atoms with Gasteiger partial charge in [-0.05, 0) is 0 Å². The van der Waals surface area contributed by atoms with Crippen molar-refractivity contribution in [3.63, 3.8) is 0 Å². The Hall–Kier alpha value is 0.114. The van der Waals surface area contributed by atoms with Crippen molar-refractivity contribution in [2.75, 3.05) is 0 Å². The summed E-state index contributed by atoms with van der Waals surface area (Å²) >= 11 is 0. The van der Waals surface area contributed by atoms with E-state index < -0.39 is 0 Å². The van der Waals surface area contributed by atoms with Crippen LogP contribution in [0.25, 0.3) is 0 Å². The van der Waals surface area contributed by atoms with Crippen LogP contribution in [0.5, 0.6) is 0 Å². The second kappa shape index (κ2) is 5.71. The van der Waals surface area contributed by atoms with E-state index >= 15 is 0 Å². The van der Waals surface area contributed by atoms with Gasteiger partial charge in [0.15, 0.2) is 0 Å². The van der Waals surface area contributed by atoms with Gasteiger partial charge >= 0.3 is 0 Å². The summed E-state index contributed by atoms with van der Waals surface area (Å²) < 4.78 is 0. The average Bonchev–Trinajstić information content (AvgIpc) is 1.88. The van der Waals surface area contributed by atoms with Crippen LogP contribution >= 0.6 is 0 Å². The maximum absolute atomic E-state index is 4.03. The van der Waals surface area contributed by atoms with Crippen molar-refractivity contribution in [1.29, 1.82) is 0 Å². The number of rotatable bonds is 0. The fraction of sp³-hybridized carbons (Fsp3) is 0.500. The van der Waals surface area contributed by atoms with Gasteiger partial charge in [0.05, 0.1) is 0 Å². The first-order valence-corrected chi connectivity index (χ1v) is 3.23. The number of hydrogen-bond acceptors (Lipinski definition) is 3. The summed E-state index contributed by atoms with van der Waals surface area (Å²) in [4.78, 5) is 11.8. The molecule has 1 radical (unpaired) electrons. The predicted octanol–water partition coefficient (Wildman–Crippen LogP) is 1.62. The van der Waals surface area contributed by atoms with Gasteiger partial charge < -0.3 is 7.43 Å². The van der Waals surface area contributed by atoms with E-state index in [4.69, 9.17) is 0 Å². The van der Waals surface area contributed by atoms with Gasteiger partial charge in [-0.25, -0.2) is 15.0 Å². The first-order chi connectivity index (χ1) is 4.61. The molecule has 0 fully saturated rings. The van der Waals surface area contributed by atoms with Crippen LogP contribution in [0.15, 0.2) is 12.7 Å². The van der Waals surface area contributed by atoms with Crippen LogP contribution in [0.1, 0.15) is 26.6 Å². The molecule has 0 amide bonds. The van der Waals surface area contributed by atoms with Crippen molar-refractivity contribution in [3.8, 4) is 0 Å². The van der Waals surface area contributed by atoms with Crippen LogP contribution in [-0.2, 0) is 38.1 Å². The van der Waals surface area contributed by atoms with Crippen molar-refractivity contribution < 1.29 is 32.7 Å². The van der Waals surface area contributed by atoms with Crippen molar-refractivity contribution in [1.82, 2.24) is 15.0 Å². The van der Waals surface area contributed by atoms with E-state index in [2.05, 4.69) is 35.7 Å². The van der Waals surface area contributed by atoms with E-state index in [1.165, 1.54) is 12.7 Å². The predicted molar refractivity (Wildman–Crippen MR) is 44.9 cm³/mol. The molecule has 0 bridgehead atoms. The van der Waals surface area contributed by atoms with Gasteiger partial charge in [-0.1, -0.05) is 20.8 Å². The topological polar surface area (TPSA) is 38.7 Å². The van der Waals surface area contributed by atoms with E-state index in [-0.39, 0.29) is 45.6 Å². The van der Waals surface area contributed by atoms with Crippen LogP contribution in [0.4, 0.5) is 0 Å². The van der Waals surface area contributed by atoms with Crippen LogP contribution in [0.3, 0.4) is 0 Å². The zero-order chi connectivity index (χ0) is 7.61. The van der Waals surface area contributed by atoms with Gasteiger partial charge in [0.1, 0.15) is 18.5 Å². The second-order valence-corrected chi connectivity index (χ2v) is 3.21. The van der Waals surface area contributed by atoms with Crippen molar-refractivity contribution in [3.05, 3.63) is 25.9 Å². The Morgan fingerprint density at radius 1 is 1.08 bits per heavy atom. The summed E-state index contributed by atoms with van der Waals surface area (Å²) in [5, 5.41) is 0. The largest absolute Gasteiger partial charge is 0.358 e. The minimum absolute atomic E-state index is 0. The molecule has 1 rings (SSSR count). The molecular weight excluding hydrogens is 227 g/mol. The first kappa shape index (κ1) is 14.6.